The molecule has 0 spiro atoms. The van der Waals surface area contributed by atoms with Gasteiger partial charge in [0.15, 0.2) is 0 Å². The van der Waals surface area contributed by atoms with Gasteiger partial charge in [0.2, 0.25) is 21.1 Å². The number of alkyl halides is 3. The van der Waals surface area contributed by atoms with Crippen LogP contribution in [0.15, 0.2) is 48.5 Å². The second-order valence-electron chi connectivity index (χ2n) is 6.28. The zero-order valence-electron chi connectivity index (χ0n) is 15.7. The fourth-order valence-corrected chi connectivity index (χ4v) is 4.24. The Kier molecular flexibility index (Phi) is 6.53. The molecular weight excluding hydrogens is 477 g/mol. The average molecular weight is 491 g/mol. The Balaban J connectivity index is 1.74. The first-order valence-electron chi connectivity index (χ1n) is 8.48. The number of halogens is 4. The van der Waals surface area contributed by atoms with Gasteiger partial charge in [-0.2, -0.15) is 13.2 Å². The lowest BCUT2D eigenvalue weighted by atomic mass is 10.2. The predicted molar refractivity (Wildman–Crippen MR) is 113 cm³/mol. The summed E-state index contributed by atoms with van der Waals surface area (Å²) < 4.78 is 63.1. The van der Waals surface area contributed by atoms with Crippen LogP contribution in [-0.4, -0.2) is 37.3 Å². The molecule has 0 aliphatic carbocycles. The van der Waals surface area contributed by atoms with E-state index in [1.54, 1.807) is 24.3 Å². The first-order chi connectivity index (χ1) is 14.4. The Morgan fingerprint density at radius 1 is 1.10 bits per heavy atom. The summed E-state index contributed by atoms with van der Waals surface area (Å²) in [6.07, 6.45) is -3.72. The van der Waals surface area contributed by atoms with Gasteiger partial charge in [-0.15, -0.1) is 10.2 Å². The number of rotatable bonds is 6. The Labute approximate surface area is 184 Å². The van der Waals surface area contributed by atoms with Crippen molar-refractivity contribution in [1.29, 1.82) is 0 Å². The molecule has 0 bridgehead atoms. The van der Waals surface area contributed by atoms with Crippen LogP contribution in [0.25, 0.3) is 10.6 Å². The molecule has 164 valence electrons. The lowest BCUT2D eigenvalue weighted by Gasteiger charge is -2.22. The van der Waals surface area contributed by atoms with Gasteiger partial charge in [-0.25, -0.2) is 8.42 Å². The topological polar surface area (TPSA) is 92.3 Å². The monoisotopic (exact) mass is 490 g/mol. The number of aromatic nitrogens is 2. The maximum Gasteiger partial charge on any atom is 0.416 e. The van der Waals surface area contributed by atoms with Crippen molar-refractivity contribution in [2.75, 3.05) is 22.4 Å². The largest absolute Gasteiger partial charge is 0.416 e. The van der Waals surface area contributed by atoms with Crippen molar-refractivity contribution in [2.45, 2.75) is 6.18 Å². The summed E-state index contributed by atoms with van der Waals surface area (Å²) in [5, 5.41) is 11.4. The highest BCUT2D eigenvalue weighted by atomic mass is 35.5. The summed E-state index contributed by atoms with van der Waals surface area (Å²) in [6, 6.07) is 10.3. The lowest BCUT2D eigenvalue weighted by Crippen LogP contribution is -2.37. The zero-order chi connectivity index (χ0) is 22.8. The molecule has 0 saturated carbocycles. The SMILES string of the molecule is CS(=O)(=O)N(CC(=O)Nc1nnc(-c2ccc(Cl)cc2)s1)c1ccc(C(F)(F)F)cc1. The molecule has 3 aromatic rings. The Bertz CT molecular complexity index is 1180. The van der Waals surface area contributed by atoms with Crippen LogP contribution in [0.5, 0.6) is 0 Å². The van der Waals surface area contributed by atoms with E-state index in [0.717, 1.165) is 47.4 Å². The minimum atomic E-state index is -4.56. The van der Waals surface area contributed by atoms with E-state index in [-0.39, 0.29) is 10.8 Å². The number of carbonyl (C=O) groups excluding carboxylic acids is 1. The van der Waals surface area contributed by atoms with Gasteiger partial charge in [0.05, 0.1) is 17.5 Å². The van der Waals surface area contributed by atoms with Crippen LogP contribution in [0.1, 0.15) is 5.56 Å². The third kappa shape index (κ3) is 5.93. The molecule has 1 aromatic heterocycles. The van der Waals surface area contributed by atoms with Gasteiger partial charge in [0.1, 0.15) is 11.6 Å². The minimum absolute atomic E-state index is 0.0789. The van der Waals surface area contributed by atoms with Crippen LogP contribution < -0.4 is 9.62 Å². The van der Waals surface area contributed by atoms with Crippen molar-refractivity contribution in [3.05, 3.63) is 59.1 Å². The van der Waals surface area contributed by atoms with Crippen LogP contribution in [-0.2, 0) is 21.0 Å². The van der Waals surface area contributed by atoms with E-state index in [1.807, 2.05) is 0 Å². The maximum atomic E-state index is 12.7. The van der Waals surface area contributed by atoms with E-state index in [2.05, 4.69) is 15.5 Å². The highest BCUT2D eigenvalue weighted by molar-refractivity contribution is 7.92. The third-order valence-corrected chi connectivity index (χ3v) is 6.21. The molecule has 0 saturated heterocycles. The number of amides is 1. The molecule has 0 atom stereocenters. The normalized spacial score (nSPS) is 11.9. The van der Waals surface area contributed by atoms with Crippen LogP contribution >= 0.6 is 22.9 Å². The van der Waals surface area contributed by atoms with Crippen molar-refractivity contribution in [3.8, 4) is 10.6 Å². The average Bonchev–Trinajstić information content (AvgIpc) is 3.13. The second-order valence-corrected chi connectivity index (χ2v) is 9.60. The highest BCUT2D eigenvalue weighted by Crippen LogP contribution is 2.31. The van der Waals surface area contributed by atoms with E-state index < -0.39 is 34.2 Å². The van der Waals surface area contributed by atoms with Gasteiger partial charge in [-0.1, -0.05) is 35.1 Å². The van der Waals surface area contributed by atoms with Crippen molar-refractivity contribution in [3.63, 3.8) is 0 Å². The zero-order valence-corrected chi connectivity index (χ0v) is 18.1. The molecule has 1 amide bonds. The summed E-state index contributed by atoms with van der Waals surface area (Å²) in [5.41, 5.74) is -0.285. The van der Waals surface area contributed by atoms with Gasteiger partial charge >= 0.3 is 6.18 Å². The van der Waals surface area contributed by atoms with Gasteiger partial charge < -0.3 is 0 Å². The van der Waals surface area contributed by atoms with Gasteiger partial charge in [-0.05, 0) is 36.4 Å². The first kappa shape index (κ1) is 23.0. The summed E-state index contributed by atoms with van der Waals surface area (Å²) in [4.78, 5) is 12.4. The molecule has 31 heavy (non-hydrogen) atoms. The summed E-state index contributed by atoms with van der Waals surface area (Å²) in [5.74, 6) is -0.732. The number of carbonyl (C=O) groups is 1. The van der Waals surface area contributed by atoms with Crippen molar-refractivity contribution in [1.82, 2.24) is 10.2 Å². The van der Waals surface area contributed by atoms with E-state index in [9.17, 15) is 26.4 Å². The smallest absolute Gasteiger partial charge is 0.299 e. The number of anilines is 2. The lowest BCUT2D eigenvalue weighted by molar-refractivity contribution is -0.137. The van der Waals surface area contributed by atoms with E-state index in [1.165, 1.54) is 0 Å². The predicted octanol–water partition coefficient (Wildman–Crippen LogP) is 4.28. The van der Waals surface area contributed by atoms with Gasteiger partial charge in [0, 0.05) is 10.6 Å². The van der Waals surface area contributed by atoms with Crippen molar-refractivity contribution >= 4 is 49.7 Å². The molecule has 0 fully saturated rings. The number of benzene rings is 2. The van der Waals surface area contributed by atoms with Crippen LogP contribution in [0, 0.1) is 0 Å². The molecule has 0 radical (unpaired) electrons. The summed E-state index contributed by atoms with van der Waals surface area (Å²) >= 11 is 6.91. The fourth-order valence-electron chi connectivity index (χ4n) is 2.49. The van der Waals surface area contributed by atoms with Crippen molar-refractivity contribution < 1.29 is 26.4 Å². The molecule has 13 heteroatoms. The quantitative estimate of drug-likeness (QED) is 0.556. The number of hydrogen-bond donors (Lipinski definition) is 1. The third-order valence-electron chi connectivity index (χ3n) is 3.93. The number of nitrogens with one attached hydrogen (secondary N) is 1. The summed E-state index contributed by atoms with van der Waals surface area (Å²) in [7, 11) is -3.95. The van der Waals surface area contributed by atoms with Crippen molar-refractivity contribution in [2.24, 2.45) is 0 Å². The molecule has 7 nitrogen and oxygen atoms in total. The molecule has 0 unspecified atom stereocenters. The highest BCUT2D eigenvalue weighted by Gasteiger charge is 2.31. The molecule has 2 aromatic carbocycles. The van der Waals surface area contributed by atoms with Crippen LogP contribution in [0.3, 0.4) is 0 Å². The second kappa shape index (κ2) is 8.81. The number of hydrogen-bond acceptors (Lipinski definition) is 6. The fraction of sp³-hybridized carbons (Fsp3) is 0.167. The Morgan fingerprint density at radius 2 is 1.71 bits per heavy atom. The molecule has 0 aliphatic heterocycles. The Morgan fingerprint density at radius 3 is 2.26 bits per heavy atom. The van der Waals surface area contributed by atoms with Crippen LogP contribution in [0.4, 0.5) is 24.0 Å². The maximum absolute atomic E-state index is 12.7. The standard InChI is InChI=1S/C18H14ClF3N4O3S2/c1-31(28,29)26(14-8-4-12(5-9-14)18(20,21)22)10-15(27)23-17-25-24-16(30-17)11-2-6-13(19)7-3-11/h2-9H,10H2,1H3,(H,23,25,27). The van der Waals surface area contributed by atoms with E-state index in [4.69, 9.17) is 11.6 Å². The molecular formula is C18H14ClF3N4O3S2. The number of sulfonamides is 1. The van der Waals surface area contributed by atoms with E-state index in [0.29, 0.717) is 14.3 Å². The van der Waals surface area contributed by atoms with Gasteiger partial charge in [0.25, 0.3) is 0 Å². The van der Waals surface area contributed by atoms with E-state index >= 15 is 0 Å². The minimum Gasteiger partial charge on any atom is -0.299 e. The molecule has 3 rings (SSSR count). The molecule has 0 aliphatic rings. The van der Waals surface area contributed by atoms with Crippen LogP contribution in [0.2, 0.25) is 5.02 Å². The number of nitrogens with zero attached hydrogens (tertiary/aromatic N) is 3. The first-order valence-corrected chi connectivity index (χ1v) is 11.5. The summed E-state index contributed by atoms with van der Waals surface area (Å²) in [6.45, 7) is -0.653. The van der Waals surface area contributed by atoms with Gasteiger partial charge in [-0.3, -0.25) is 14.4 Å². The molecule has 1 N–H and O–H groups in total. The molecule has 1 heterocycles. The Hall–Kier alpha value is -2.70.